The van der Waals surface area contributed by atoms with Crippen molar-refractivity contribution in [2.75, 3.05) is 13.1 Å². The molecular weight excluding hydrogens is 184 g/mol. The number of nitrogens with zero attached hydrogens (tertiary/aromatic N) is 3. The minimum absolute atomic E-state index is 0.0644. The molecule has 14 heavy (non-hydrogen) atoms. The zero-order valence-electron chi connectivity index (χ0n) is 8.24. The van der Waals surface area contributed by atoms with Gasteiger partial charge < -0.3 is 10.6 Å². The van der Waals surface area contributed by atoms with Crippen molar-refractivity contribution in [2.45, 2.75) is 19.9 Å². The third kappa shape index (κ3) is 3.48. The van der Waals surface area contributed by atoms with E-state index in [1.165, 1.54) is 0 Å². The molecular formula is C7H14N6O. The molecule has 1 aromatic rings. The van der Waals surface area contributed by atoms with E-state index in [0.717, 1.165) is 6.54 Å². The molecule has 1 rings (SSSR count). The van der Waals surface area contributed by atoms with Crippen LogP contribution in [-0.2, 0) is 0 Å². The van der Waals surface area contributed by atoms with Gasteiger partial charge in [0.1, 0.15) is 0 Å². The highest BCUT2D eigenvalue weighted by molar-refractivity contribution is 5.89. The molecule has 7 heteroatoms. The van der Waals surface area contributed by atoms with Gasteiger partial charge in [0.05, 0.1) is 0 Å². The highest BCUT2D eigenvalue weighted by atomic mass is 16.2. The number of amides is 1. The second-order valence-corrected chi connectivity index (χ2v) is 3.10. The molecule has 3 N–H and O–H groups in total. The first-order valence-electron chi connectivity index (χ1n) is 4.45. The lowest BCUT2D eigenvalue weighted by Gasteiger charge is -2.07. The predicted octanol–water partition coefficient (Wildman–Crippen LogP) is -1.07. The van der Waals surface area contributed by atoms with Gasteiger partial charge in [-0.25, -0.2) is 0 Å². The first kappa shape index (κ1) is 10.6. The molecule has 0 radical (unpaired) electrons. The molecule has 0 aliphatic carbocycles. The van der Waals surface area contributed by atoms with Gasteiger partial charge >= 0.3 is 0 Å². The summed E-state index contributed by atoms with van der Waals surface area (Å²) in [6, 6.07) is 0.414. The monoisotopic (exact) mass is 198 g/mol. The minimum Gasteiger partial charge on any atom is -0.348 e. The smallest absolute Gasteiger partial charge is 0.292 e. The lowest BCUT2D eigenvalue weighted by Crippen LogP contribution is -2.35. The fraction of sp³-hybridized carbons (Fsp3) is 0.714. The van der Waals surface area contributed by atoms with E-state index < -0.39 is 0 Å². The first-order valence-corrected chi connectivity index (χ1v) is 4.45. The predicted molar refractivity (Wildman–Crippen MR) is 49.6 cm³/mol. The van der Waals surface area contributed by atoms with Gasteiger partial charge in [0.2, 0.25) is 0 Å². The number of aromatic amines is 1. The van der Waals surface area contributed by atoms with Gasteiger partial charge in [0.15, 0.2) is 0 Å². The number of carbonyl (C=O) groups excluding carboxylic acids is 1. The molecule has 0 aliphatic heterocycles. The third-order valence-electron chi connectivity index (χ3n) is 1.51. The molecule has 0 saturated heterocycles. The number of H-pyrrole nitrogens is 1. The Morgan fingerprint density at radius 2 is 2.29 bits per heavy atom. The Kier molecular flexibility index (Phi) is 3.99. The van der Waals surface area contributed by atoms with Crippen molar-refractivity contribution in [2.24, 2.45) is 0 Å². The van der Waals surface area contributed by atoms with E-state index in [0.29, 0.717) is 12.6 Å². The van der Waals surface area contributed by atoms with E-state index in [4.69, 9.17) is 0 Å². The van der Waals surface area contributed by atoms with E-state index >= 15 is 0 Å². The average Bonchev–Trinajstić information content (AvgIpc) is 2.64. The zero-order valence-corrected chi connectivity index (χ0v) is 8.24. The molecule has 0 spiro atoms. The molecule has 0 fully saturated rings. The van der Waals surface area contributed by atoms with Crippen molar-refractivity contribution in [3.05, 3.63) is 5.82 Å². The number of nitrogens with one attached hydrogen (secondary N) is 3. The lowest BCUT2D eigenvalue weighted by atomic mass is 10.4. The zero-order chi connectivity index (χ0) is 10.4. The Morgan fingerprint density at radius 3 is 2.86 bits per heavy atom. The summed E-state index contributed by atoms with van der Waals surface area (Å²) in [5.41, 5.74) is 0. The minimum atomic E-state index is -0.315. The number of rotatable bonds is 5. The fourth-order valence-electron chi connectivity index (χ4n) is 0.874. The lowest BCUT2D eigenvalue weighted by molar-refractivity contribution is 0.0943. The summed E-state index contributed by atoms with van der Waals surface area (Å²) in [6.07, 6.45) is 0. The largest absolute Gasteiger partial charge is 0.348 e. The molecule has 1 heterocycles. The van der Waals surface area contributed by atoms with Crippen LogP contribution in [0.4, 0.5) is 0 Å². The fourth-order valence-corrected chi connectivity index (χ4v) is 0.874. The normalized spacial score (nSPS) is 10.5. The van der Waals surface area contributed by atoms with Crippen molar-refractivity contribution < 1.29 is 4.79 Å². The van der Waals surface area contributed by atoms with Gasteiger partial charge in [0, 0.05) is 19.1 Å². The molecule has 78 valence electrons. The molecule has 0 aliphatic rings. The van der Waals surface area contributed by atoms with Gasteiger partial charge in [-0.3, -0.25) is 4.79 Å². The van der Waals surface area contributed by atoms with Gasteiger partial charge in [-0.1, -0.05) is 13.8 Å². The van der Waals surface area contributed by atoms with Crippen LogP contribution in [0.1, 0.15) is 24.5 Å². The van der Waals surface area contributed by atoms with Crippen LogP contribution < -0.4 is 10.6 Å². The Bertz CT molecular complexity index is 270. The summed E-state index contributed by atoms with van der Waals surface area (Å²) >= 11 is 0. The van der Waals surface area contributed by atoms with Gasteiger partial charge in [-0.2, -0.15) is 5.21 Å². The highest BCUT2D eigenvalue weighted by Crippen LogP contribution is 1.81. The van der Waals surface area contributed by atoms with E-state index in [2.05, 4.69) is 31.3 Å². The molecule has 0 bridgehead atoms. The number of tetrazole rings is 1. The maximum atomic E-state index is 11.2. The van der Waals surface area contributed by atoms with Crippen molar-refractivity contribution in [3.8, 4) is 0 Å². The molecule has 0 unspecified atom stereocenters. The van der Waals surface area contributed by atoms with Crippen LogP contribution in [0, 0.1) is 0 Å². The molecule has 1 aromatic heterocycles. The summed E-state index contributed by atoms with van der Waals surface area (Å²) in [4.78, 5) is 11.2. The molecule has 7 nitrogen and oxygen atoms in total. The number of hydrogen-bond donors (Lipinski definition) is 3. The van der Waals surface area contributed by atoms with Gasteiger partial charge in [-0.15, -0.1) is 10.2 Å². The second-order valence-electron chi connectivity index (χ2n) is 3.10. The van der Waals surface area contributed by atoms with E-state index in [9.17, 15) is 4.79 Å². The molecule has 0 atom stereocenters. The van der Waals surface area contributed by atoms with Crippen LogP contribution in [0.2, 0.25) is 0 Å². The Hall–Kier alpha value is -1.50. The number of hydrogen-bond acceptors (Lipinski definition) is 5. The van der Waals surface area contributed by atoms with Crippen molar-refractivity contribution in [1.29, 1.82) is 0 Å². The number of carbonyl (C=O) groups is 1. The van der Waals surface area contributed by atoms with Crippen LogP contribution >= 0.6 is 0 Å². The summed E-state index contributed by atoms with van der Waals surface area (Å²) in [7, 11) is 0. The SMILES string of the molecule is CC(C)NCCNC(=O)c1nn[nH]n1. The van der Waals surface area contributed by atoms with E-state index in [1.54, 1.807) is 0 Å². The van der Waals surface area contributed by atoms with Crippen molar-refractivity contribution in [1.82, 2.24) is 31.3 Å². The summed E-state index contributed by atoms with van der Waals surface area (Å²) in [5, 5.41) is 18.4. The van der Waals surface area contributed by atoms with Crippen LogP contribution in [0.25, 0.3) is 0 Å². The number of aromatic nitrogens is 4. The maximum Gasteiger partial charge on any atom is 0.292 e. The summed E-state index contributed by atoms with van der Waals surface area (Å²) in [5.74, 6) is -0.251. The van der Waals surface area contributed by atoms with Crippen molar-refractivity contribution in [3.63, 3.8) is 0 Å². The molecule has 1 amide bonds. The van der Waals surface area contributed by atoms with Crippen LogP contribution in [0.5, 0.6) is 0 Å². The quantitative estimate of drug-likeness (QED) is 0.523. The standard InChI is InChI=1S/C7H14N6O/c1-5(2)8-3-4-9-7(14)6-10-12-13-11-6/h5,8H,3-4H2,1-2H3,(H,9,14)(H,10,11,12,13). The van der Waals surface area contributed by atoms with Gasteiger partial charge in [0.25, 0.3) is 11.7 Å². The topological polar surface area (TPSA) is 95.6 Å². The van der Waals surface area contributed by atoms with E-state index in [1.807, 2.05) is 13.8 Å². The first-order chi connectivity index (χ1) is 6.70. The molecule has 0 aromatic carbocycles. The third-order valence-corrected chi connectivity index (χ3v) is 1.51. The van der Waals surface area contributed by atoms with Crippen LogP contribution in [0.15, 0.2) is 0 Å². The summed E-state index contributed by atoms with van der Waals surface area (Å²) in [6.45, 7) is 5.36. The van der Waals surface area contributed by atoms with Crippen LogP contribution in [0.3, 0.4) is 0 Å². The van der Waals surface area contributed by atoms with Crippen LogP contribution in [-0.4, -0.2) is 45.7 Å². The Labute approximate surface area is 81.7 Å². The molecule has 0 saturated carbocycles. The van der Waals surface area contributed by atoms with E-state index in [-0.39, 0.29) is 11.7 Å². The summed E-state index contributed by atoms with van der Waals surface area (Å²) < 4.78 is 0. The highest BCUT2D eigenvalue weighted by Gasteiger charge is 2.08. The maximum absolute atomic E-state index is 11.2. The Balaban J connectivity index is 2.16. The van der Waals surface area contributed by atoms with Crippen molar-refractivity contribution >= 4 is 5.91 Å². The second kappa shape index (κ2) is 5.28. The Morgan fingerprint density at radius 1 is 1.50 bits per heavy atom. The average molecular weight is 198 g/mol. The van der Waals surface area contributed by atoms with Gasteiger partial charge in [-0.05, 0) is 5.21 Å².